The molecule has 2 bridgehead atoms. The van der Waals surface area contributed by atoms with Gasteiger partial charge in [0.2, 0.25) is 0 Å². The fourth-order valence-electron chi connectivity index (χ4n) is 5.88. The summed E-state index contributed by atoms with van der Waals surface area (Å²) in [6, 6.07) is 10.2. The van der Waals surface area contributed by atoms with Gasteiger partial charge in [0.05, 0.1) is 23.9 Å². The predicted octanol–water partition coefficient (Wildman–Crippen LogP) is 3.55. The maximum Gasteiger partial charge on any atom is 0.258 e. The van der Waals surface area contributed by atoms with Crippen molar-refractivity contribution in [1.29, 1.82) is 0 Å². The summed E-state index contributed by atoms with van der Waals surface area (Å²) < 4.78 is 8.13. The van der Waals surface area contributed by atoms with Gasteiger partial charge in [0, 0.05) is 51.4 Å². The van der Waals surface area contributed by atoms with Crippen LogP contribution in [-0.4, -0.2) is 71.3 Å². The standard InChI is InChI=1S/C28H37N7O2/c1-19-8-9-24-21(15-19)28(36)34-12-4-3-7-23(34)22-16-26-30-25(33-13-10-20(29)18-33)17-27(35(26)31-22)32(2)11-5-6-14-37-24/h8-9,15-17,20,23H,3-7,10-14,18,29H2,1-2H3/t20-,23-/m0/s1. The van der Waals surface area contributed by atoms with E-state index in [1.807, 2.05) is 34.5 Å². The molecule has 9 heteroatoms. The molecule has 2 saturated heterocycles. The number of rotatable bonds is 1. The first kappa shape index (κ1) is 24.0. The Balaban J connectivity index is 1.46. The molecule has 1 amide bonds. The van der Waals surface area contributed by atoms with Crippen LogP contribution in [0.4, 0.5) is 11.6 Å². The van der Waals surface area contributed by atoms with Crippen LogP contribution in [0.15, 0.2) is 30.3 Å². The van der Waals surface area contributed by atoms with E-state index in [0.717, 1.165) is 86.7 Å². The molecule has 0 spiro atoms. The van der Waals surface area contributed by atoms with Crippen molar-refractivity contribution < 1.29 is 9.53 Å². The highest BCUT2D eigenvalue weighted by molar-refractivity contribution is 5.97. The number of hydrogen-bond donors (Lipinski definition) is 1. The first-order valence-corrected chi connectivity index (χ1v) is 13.6. The Morgan fingerprint density at radius 2 is 1.89 bits per heavy atom. The highest BCUT2D eigenvalue weighted by Crippen LogP contribution is 2.35. The average Bonchev–Trinajstić information content (AvgIpc) is 3.53. The van der Waals surface area contributed by atoms with Crippen molar-refractivity contribution in [3.8, 4) is 5.75 Å². The third kappa shape index (κ3) is 4.61. The summed E-state index contributed by atoms with van der Waals surface area (Å²) in [5.74, 6) is 2.65. The van der Waals surface area contributed by atoms with Crippen LogP contribution >= 0.6 is 0 Å². The Morgan fingerprint density at radius 1 is 1.03 bits per heavy atom. The molecule has 2 aromatic heterocycles. The second-order valence-electron chi connectivity index (χ2n) is 10.8. The molecule has 0 saturated carbocycles. The molecule has 3 aliphatic heterocycles. The summed E-state index contributed by atoms with van der Waals surface area (Å²) in [5, 5.41) is 5.07. The van der Waals surface area contributed by atoms with E-state index in [4.69, 9.17) is 20.6 Å². The number of ether oxygens (including phenoxy) is 1. The van der Waals surface area contributed by atoms with Crippen molar-refractivity contribution in [3.05, 3.63) is 47.2 Å². The van der Waals surface area contributed by atoms with Gasteiger partial charge in [0.25, 0.3) is 5.91 Å². The number of piperidine rings is 1. The summed E-state index contributed by atoms with van der Waals surface area (Å²) in [6.45, 7) is 5.90. The van der Waals surface area contributed by atoms with E-state index >= 15 is 0 Å². The topological polar surface area (TPSA) is 92.2 Å². The van der Waals surface area contributed by atoms with E-state index in [9.17, 15) is 4.79 Å². The fourth-order valence-corrected chi connectivity index (χ4v) is 5.88. The molecule has 196 valence electrons. The minimum Gasteiger partial charge on any atom is -0.493 e. The molecule has 5 heterocycles. The molecule has 1 aromatic carbocycles. The second kappa shape index (κ2) is 9.85. The molecule has 6 rings (SSSR count). The lowest BCUT2D eigenvalue weighted by Gasteiger charge is -2.35. The van der Waals surface area contributed by atoms with E-state index in [0.29, 0.717) is 24.5 Å². The van der Waals surface area contributed by atoms with Gasteiger partial charge in [0.1, 0.15) is 17.4 Å². The van der Waals surface area contributed by atoms with E-state index in [2.05, 4.69) is 29.0 Å². The summed E-state index contributed by atoms with van der Waals surface area (Å²) in [5.41, 5.74) is 9.63. The molecule has 3 aliphatic rings. The molecule has 0 radical (unpaired) electrons. The van der Waals surface area contributed by atoms with Crippen LogP contribution in [-0.2, 0) is 0 Å². The number of aryl methyl sites for hydroxylation is 1. The number of carbonyl (C=O) groups is 1. The fraction of sp³-hybridized carbons (Fsp3) is 0.536. The Morgan fingerprint density at radius 3 is 2.73 bits per heavy atom. The molecule has 2 atom stereocenters. The van der Waals surface area contributed by atoms with Crippen molar-refractivity contribution in [1.82, 2.24) is 19.5 Å². The number of benzene rings is 1. The zero-order chi connectivity index (χ0) is 25.5. The summed E-state index contributed by atoms with van der Waals surface area (Å²) in [4.78, 5) is 25.5. The Kier molecular flexibility index (Phi) is 6.40. The average molecular weight is 504 g/mol. The van der Waals surface area contributed by atoms with Gasteiger partial charge < -0.3 is 25.2 Å². The van der Waals surface area contributed by atoms with Crippen molar-refractivity contribution in [2.75, 3.05) is 49.6 Å². The highest BCUT2D eigenvalue weighted by atomic mass is 16.5. The second-order valence-corrected chi connectivity index (χ2v) is 10.8. The molecule has 2 N–H and O–H groups in total. The zero-order valence-corrected chi connectivity index (χ0v) is 21.9. The van der Waals surface area contributed by atoms with Crippen molar-refractivity contribution in [2.24, 2.45) is 5.73 Å². The van der Waals surface area contributed by atoms with Gasteiger partial charge in [-0.05, 0) is 57.6 Å². The highest BCUT2D eigenvalue weighted by Gasteiger charge is 2.33. The number of carbonyl (C=O) groups excluding carboxylic acids is 1. The maximum absolute atomic E-state index is 14.0. The summed E-state index contributed by atoms with van der Waals surface area (Å²) in [7, 11) is 2.11. The lowest BCUT2D eigenvalue weighted by molar-refractivity contribution is 0.0601. The van der Waals surface area contributed by atoms with Gasteiger partial charge in [-0.3, -0.25) is 4.79 Å². The molecular formula is C28H37N7O2. The van der Waals surface area contributed by atoms with Gasteiger partial charge in [-0.1, -0.05) is 11.6 Å². The summed E-state index contributed by atoms with van der Waals surface area (Å²) in [6.07, 6.45) is 5.77. The zero-order valence-electron chi connectivity index (χ0n) is 21.9. The monoisotopic (exact) mass is 503 g/mol. The van der Waals surface area contributed by atoms with Crippen LogP contribution in [0.1, 0.15) is 66.2 Å². The Hall–Kier alpha value is -3.33. The van der Waals surface area contributed by atoms with E-state index in [1.54, 1.807) is 0 Å². The number of nitrogens with two attached hydrogens (primary N) is 1. The maximum atomic E-state index is 14.0. The molecule has 2 fully saturated rings. The molecule has 37 heavy (non-hydrogen) atoms. The lowest BCUT2D eigenvalue weighted by atomic mass is 9.97. The number of nitrogens with zero attached hydrogens (tertiary/aromatic N) is 6. The number of hydrogen-bond acceptors (Lipinski definition) is 7. The number of anilines is 2. The Bertz CT molecular complexity index is 1310. The predicted molar refractivity (Wildman–Crippen MR) is 145 cm³/mol. The van der Waals surface area contributed by atoms with Gasteiger partial charge in [-0.2, -0.15) is 9.61 Å². The number of aromatic nitrogens is 3. The normalized spacial score (nSPS) is 23.0. The smallest absolute Gasteiger partial charge is 0.258 e. The molecular weight excluding hydrogens is 466 g/mol. The lowest BCUT2D eigenvalue weighted by Crippen LogP contribution is -2.39. The van der Waals surface area contributed by atoms with Crippen molar-refractivity contribution >= 4 is 23.2 Å². The molecule has 3 aromatic rings. The van der Waals surface area contributed by atoms with Crippen LogP contribution in [0.2, 0.25) is 0 Å². The third-order valence-corrected chi connectivity index (χ3v) is 7.97. The van der Waals surface area contributed by atoms with E-state index < -0.39 is 0 Å². The largest absolute Gasteiger partial charge is 0.493 e. The Labute approximate surface area is 218 Å². The number of amides is 1. The summed E-state index contributed by atoms with van der Waals surface area (Å²) >= 11 is 0. The van der Waals surface area contributed by atoms with Gasteiger partial charge in [-0.15, -0.1) is 0 Å². The van der Waals surface area contributed by atoms with Crippen LogP contribution in [0, 0.1) is 6.92 Å². The molecule has 0 unspecified atom stereocenters. The number of fused-ring (bicyclic) bond motifs is 4. The molecule has 9 nitrogen and oxygen atoms in total. The van der Waals surface area contributed by atoms with E-state index in [1.165, 1.54) is 0 Å². The van der Waals surface area contributed by atoms with Crippen LogP contribution < -0.4 is 20.3 Å². The minimum absolute atomic E-state index is 0.0207. The first-order chi connectivity index (χ1) is 18.0. The van der Waals surface area contributed by atoms with Gasteiger partial charge in [-0.25, -0.2) is 4.98 Å². The third-order valence-electron chi connectivity index (χ3n) is 7.97. The van der Waals surface area contributed by atoms with Crippen LogP contribution in [0.5, 0.6) is 5.75 Å². The van der Waals surface area contributed by atoms with Crippen molar-refractivity contribution in [3.63, 3.8) is 0 Å². The van der Waals surface area contributed by atoms with Crippen LogP contribution in [0.3, 0.4) is 0 Å². The quantitative estimate of drug-likeness (QED) is 0.543. The van der Waals surface area contributed by atoms with Crippen LogP contribution in [0.25, 0.3) is 5.65 Å². The first-order valence-electron chi connectivity index (χ1n) is 13.6. The van der Waals surface area contributed by atoms with Crippen molar-refractivity contribution in [2.45, 2.75) is 57.5 Å². The van der Waals surface area contributed by atoms with E-state index in [-0.39, 0.29) is 18.0 Å². The van der Waals surface area contributed by atoms with Gasteiger partial charge in [0.15, 0.2) is 5.65 Å². The SMILES string of the molecule is Cc1ccc2c(c1)C(=O)N1CCCC[C@H]1c1cc3nc(N4CC[C@H](N)C4)cc(n3n1)N(C)CCCCO2. The minimum atomic E-state index is -0.0942. The van der Waals surface area contributed by atoms with Gasteiger partial charge >= 0.3 is 0 Å². The molecule has 0 aliphatic carbocycles.